The zero-order valence-corrected chi connectivity index (χ0v) is 24.1. The van der Waals surface area contributed by atoms with Gasteiger partial charge in [-0.3, -0.25) is 4.79 Å². The van der Waals surface area contributed by atoms with Crippen molar-refractivity contribution in [2.75, 3.05) is 0 Å². The van der Waals surface area contributed by atoms with Crippen molar-refractivity contribution in [1.82, 2.24) is 0 Å². The van der Waals surface area contributed by atoms with Crippen LogP contribution in [0.5, 0.6) is 0 Å². The van der Waals surface area contributed by atoms with Gasteiger partial charge in [0.2, 0.25) is 0 Å². The summed E-state index contributed by atoms with van der Waals surface area (Å²) in [7, 11) is 0. The third-order valence-corrected chi connectivity index (χ3v) is 14.6. The minimum atomic E-state index is -0.629. The number of carboxylic acids is 1. The number of hydrogen-bond donors (Lipinski definition) is 2. The van der Waals surface area contributed by atoms with Crippen LogP contribution in [-0.4, -0.2) is 22.3 Å². The Kier molecular flexibility index (Phi) is 5.14. The van der Waals surface area contributed by atoms with E-state index in [1.807, 2.05) is 0 Å². The second kappa shape index (κ2) is 6.97. The average Bonchev–Trinajstić information content (AvgIpc) is 2.72. The van der Waals surface area contributed by atoms with Crippen LogP contribution in [-0.2, 0) is 4.79 Å². The number of aliphatic hydroxyl groups excluding tert-OH is 1. The molecule has 8 unspecified atom stereocenters. The molecule has 4 saturated carbocycles. The van der Waals surface area contributed by atoms with Crippen LogP contribution in [0.1, 0.15) is 127 Å². The van der Waals surface area contributed by atoms with E-state index in [9.17, 15) is 15.0 Å². The van der Waals surface area contributed by atoms with Crippen molar-refractivity contribution in [3.05, 3.63) is 11.6 Å². The molecule has 0 aromatic heterocycles. The summed E-state index contributed by atoms with van der Waals surface area (Å²) < 4.78 is 0. The first kappa shape index (κ1) is 25.8. The Hall–Kier alpha value is -0.830. The zero-order chi connectivity index (χ0) is 26.1. The molecular weight excluding hydrogens is 432 g/mol. The lowest BCUT2D eigenvalue weighted by Crippen LogP contribution is -2.70. The molecule has 2 N–H and O–H groups in total. The Balaban J connectivity index is 1.69. The molecule has 198 valence electrons. The Labute approximate surface area is 214 Å². The summed E-state index contributed by atoms with van der Waals surface area (Å²) in [4.78, 5) is 13.0. The van der Waals surface area contributed by atoms with E-state index in [4.69, 9.17) is 0 Å². The van der Waals surface area contributed by atoms with Gasteiger partial charge < -0.3 is 10.2 Å². The van der Waals surface area contributed by atoms with Crippen molar-refractivity contribution in [2.45, 2.75) is 133 Å². The maximum atomic E-state index is 13.0. The number of carboxylic acid groups (broad SMARTS) is 1. The van der Waals surface area contributed by atoms with Gasteiger partial charge in [-0.25, -0.2) is 0 Å². The molecule has 4 fully saturated rings. The number of hydrogen-bond acceptors (Lipinski definition) is 2. The van der Waals surface area contributed by atoms with Gasteiger partial charge in [-0.2, -0.15) is 0 Å². The molecule has 8 atom stereocenters. The molecule has 0 amide bonds. The van der Waals surface area contributed by atoms with Gasteiger partial charge in [0.1, 0.15) is 0 Å². The zero-order valence-electron chi connectivity index (χ0n) is 24.1. The molecule has 0 saturated heterocycles. The summed E-state index contributed by atoms with van der Waals surface area (Å²) in [5.41, 5.74) is 1.09. The summed E-state index contributed by atoms with van der Waals surface area (Å²) in [6.07, 6.45) is 12.3. The van der Waals surface area contributed by atoms with E-state index in [0.29, 0.717) is 5.92 Å². The first-order valence-electron chi connectivity index (χ1n) is 14.5. The molecule has 0 aliphatic heterocycles. The van der Waals surface area contributed by atoms with Gasteiger partial charge in [-0.1, -0.05) is 74.0 Å². The highest BCUT2D eigenvalue weighted by Crippen LogP contribution is 2.81. The van der Waals surface area contributed by atoms with Crippen molar-refractivity contribution in [3.8, 4) is 0 Å². The molecule has 0 aromatic rings. The van der Waals surface area contributed by atoms with Crippen LogP contribution in [0.2, 0.25) is 0 Å². The summed E-state index contributed by atoms with van der Waals surface area (Å²) >= 11 is 0. The van der Waals surface area contributed by atoms with Crippen molar-refractivity contribution in [1.29, 1.82) is 0 Å². The normalized spacial score (nSPS) is 54.4. The van der Waals surface area contributed by atoms with Gasteiger partial charge in [0.05, 0.1) is 11.5 Å². The fourth-order valence-corrected chi connectivity index (χ4v) is 11.9. The fraction of sp³-hybridized carbons (Fsp3) is 0.906. The number of aliphatic hydroxyl groups is 1. The van der Waals surface area contributed by atoms with Gasteiger partial charge in [-0.15, -0.1) is 0 Å². The van der Waals surface area contributed by atoms with Crippen molar-refractivity contribution in [2.24, 2.45) is 49.2 Å². The maximum Gasteiger partial charge on any atom is 0.310 e. The lowest BCUT2D eigenvalue weighted by molar-refractivity contribution is -0.254. The summed E-state index contributed by atoms with van der Waals surface area (Å²) in [5, 5.41) is 21.7. The molecule has 5 aliphatic rings. The van der Waals surface area contributed by atoms with Crippen molar-refractivity contribution >= 4 is 5.97 Å². The molecular formula is C32H52O3. The number of fused-ring (bicyclic) bond motifs is 7. The van der Waals surface area contributed by atoms with Gasteiger partial charge >= 0.3 is 5.97 Å². The Morgan fingerprint density at radius 3 is 2.06 bits per heavy atom. The van der Waals surface area contributed by atoms with Crippen LogP contribution in [0.4, 0.5) is 0 Å². The van der Waals surface area contributed by atoms with E-state index >= 15 is 0 Å². The average molecular weight is 485 g/mol. The highest BCUT2D eigenvalue weighted by atomic mass is 16.4. The van der Waals surface area contributed by atoms with E-state index in [1.165, 1.54) is 18.4 Å². The molecule has 0 heterocycles. The van der Waals surface area contributed by atoms with Crippen LogP contribution in [0.3, 0.4) is 0 Å². The molecule has 3 nitrogen and oxygen atoms in total. The molecule has 0 bridgehead atoms. The van der Waals surface area contributed by atoms with Crippen molar-refractivity contribution < 1.29 is 15.0 Å². The minimum Gasteiger partial charge on any atom is -0.481 e. The van der Waals surface area contributed by atoms with Crippen LogP contribution in [0, 0.1) is 49.2 Å². The van der Waals surface area contributed by atoms with Gasteiger partial charge in [-0.05, 0) is 103 Å². The van der Waals surface area contributed by atoms with E-state index in [0.717, 1.165) is 51.4 Å². The smallest absolute Gasteiger partial charge is 0.310 e. The van der Waals surface area contributed by atoms with Gasteiger partial charge in [0.15, 0.2) is 0 Å². The topological polar surface area (TPSA) is 57.5 Å². The van der Waals surface area contributed by atoms with E-state index in [1.54, 1.807) is 0 Å². The monoisotopic (exact) mass is 484 g/mol. The third kappa shape index (κ3) is 2.70. The molecule has 0 radical (unpaired) electrons. The largest absolute Gasteiger partial charge is 0.481 e. The minimum absolute atomic E-state index is 0.00923. The third-order valence-electron chi connectivity index (χ3n) is 14.6. The first-order chi connectivity index (χ1) is 15.9. The Morgan fingerprint density at radius 2 is 1.43 bits per heavy atom. The van der Waals surface area contributed by atoms with Crippen LogP contribution >= 0.6 is 0 Å². The first-order valence-corrected chi connectivity index (χ1v) is 14.5. The Bertz CT molecular complexity index is 977. The predicted molar refractivity (Wildman–Crippen MR) is 142 cm³/mol. The van der Waals surface area contributed by atoms with Gasteiger partial charge in [0, 0.05) is 5.41 Å². The lowest BCUT2D eigenvalue weighted by atomic mass is 9.27. The standard InChI is InChI=1S/C32H52O3/c1-25(2)16-18-32(24(34)35)19-17-28(6)22(29(32,7)20-25)11-15-30(8)27(5)13-12-23(33)26(3,4)21(27)10-14-31(28,30)9/h11,21,23,33H,10,12-20H2,1-9H3,(H,34,35). The number of allylic oxidation sites excluding steroid dienone is 2. The molecule has 35 heavy (non-hydrogen) atoms. The van der Waals surface area contributed by atoms with E-state index < -0.39 is 11.4 Å². The van der Waals surface area contributed by atoms with Crippen molar-refractivity contribution in [3.63, 3.8) is 0 Å². The second-order valence-corrected chi connectivity index (χ2v) is 16.3. The second-order valence-electron chi connectivity index (χ2n) is 16.3. The number of carbonyl (C=O) groups is 1. The molecule has 5 aliphatic carbocycles. The van der Waals surface area contributed by atoms with E-state index in [-0.39, 0.29) is 44.0 Å². The highest BCUT2D eigenvalue weighted by Gasteiger charge is 2.75. The Morgan fingerprint density at radius 1 is 0.800 bits per heavy atom. The van der Waals surface area contributed by atoms with E-state index in [2.05, 4.69) is 68.4 Å². The quantitative estimate of drug-likeness (QED) is 0.371. The predicted octanol–water partition coefficient (Wildman–Crippen LogP) is 8.01. The van der Waals surface area contributed by atoms with Crippen LogP contribution in [0.15, 0.2) is 11.6 Å². The number of aliphatic carboxylic acids is 1. The van der Waals surface area contributed by atoms with Gasteiger partial charge in [0.25, 0.3) is 0 Å². The number of rotatable bonds is 1. The lowest BCUT2D eigenvalue weighted by Gasteiger charge is -2.76. The SMILES string of the molecule is CC1(C)CCC2(C(=O)O)CCC3(C)C(=CCC4(C)C5(C)CCC(O)C(C)(C)C5CCC34C)C2(C)C1. The maximum absolute atomic E-state index is 13.0. The van der Waals surface area contributed by atoms with Crippen LogP contribution < -0.4 is 0 Å². The highest BCUT2D eigenvalue weighted by molar-refractivity contribution is 5.78. The molecule has 0 aromatic carbocycles. The summed E-state index contributed by atoms with van der Waals surface area (Å²) in [5.74, 6) is -0.0445. The van der Waals surface area contributed by atoms with Crippen LogP contribution in [0.25, 0.3) is 0 Å². The molecule has 5 rings (SSSR count). The fourth-order valence-electron chi connectivity index (χ4n) is 11.9. The molecule has 3 heteroatoms. The summed E-state index contributed by atoms with van der Waals surface area (Å²) in [6, 6.07) is 0. The summed E-state index contributed by atoms with van der Waals surface area (Å²) in [6.45, 7) is 21.9. The molecule has 0 spiro atoms.